The normalized spacial score (nSPS) is 10.5. The lowest BCUT2D eigenvalue weighted by atomic mass is 10.2. The van der Waals surface area contributed by atoms with Crippen LogP contribution in [0.5, 0.6) is 0 Å². The predicted octanol–water partition coefficient (Wildman–Crippen LogP) is 1.71. The number of aryl methyl sites for hydroxylation is 2. The number of carbonyl (C=O) groups is 1. The molecule has 6 nitrogen and oxygen atoms in total. The largest absolute Gasteiger partial charge is 0.351 e. The fourth-order valence-corrected chi connectivity index (χ4v) is 1.81. The molecule has 0 fully saturated rings. The Kier molecular flexibility index (Phi) is 4.11. The number of rotatable bonds is 4. The molecule has 1 N–H and O–H groups in total. The van der Waals surface area contributed by atoms with Gasteiger partial charge in [-0.25, -0.2) is 0 Å². The average Bonchev–Trinajstić information content (AvgIpc) is 2.75. The quantitative estimate of drug-likeness (QED) is 0.922. The van der Waals surface area contributed by atoms with Crippen molar-refractivity contribution in [1.82, 2.24) is 20.4 Å². The summed E-state index contributed by atoms with van der Waals surface area (Å²) in [6.45, 7) is 3.93. The molecule has 19 heavy (non-hydrogen) atoms. The van der Waals surface area contributed by atoms with Gasteiger partial charge in [-0.3, -0.25) is 9.78 Å². The molecule has 2 aromatic rings. The summed E-state index contributed by atoms with van der Waals surface area (Å²) in [5.74, 6) is 0.802. The summed E-state index contributed by atoms with van der Waals surface area (Å²) in [7, 11) is 0. The molecule has 2 rings (SSSR count). The number of carbonyl (C=O) groups excluding carboxylic acids is 1. The Morgan fingerprint density at radius 2 is 2.26 bits per heavy atom. The minimum absolute atomic E-state index is 0.266. The molecule has 0 aliphatic rings. The zero-order valence-electron chi connectivity index (χ0n) is 10.6. The van der Waals surface area contributed by atoms with Crippen LogP contribution < -0.4 is 5.32 Å². The lowest BCUT2D eigenvalue weighted by Gasteiger charge is -2.05. The first-order valence-electron chi connectivity index (χ1n) is 5.76. The fraction of sp³-hybridized carbons (Fsp3) is 0.333. The molecule has 0 spiro atoms. The van der Waals surface area contributed by atoms with Crippen LogP contribution in [0.15, 0.2) is 16.8 Å². The maximum absolute atomic E-state index is 11.9. The molecule has 0 saturated heterocycles. The molecule has 0 bridgehead atoms. The molecule has 0 aliphatic heterocycles. The molecule has 0 atom stereocenters. The second-order valence-electron chi connectivity index (χ2n) is 4.04. The molecule has 0 aliphatic carbocycles. The molecule has 0 unspecified atom stereocenters. The predicted molar refractivity (Wildman–Crippen MR) is 69.1 cm³/mol. The van der Waals surface area contributed by atoms with Crippen molar-refractivity contribution in [3.63, 3.8) is 0 Å². The molecular weight excluding hydrogens is 268 g/mol. The molecule has 0 aromatic carbocycles. The minimum atomic E-state index is -0.266. The first kappa shape index (κ1) is 13.5. The van der Waals surface area contributed by atoms with Crippen LogP contribution in [0.1, 0.15) is 27.8 Å². The van der Waals surface area contributed by atoms with Crippen LogP contribution in [0, 0.1) is 13.8 Å². The molecule has 1 amide bonds. The van der Waals surface area contributed by atoms with E-state index in [4.69, 9.17) is 16.1 Å². The van der Waals surface area contributed by atoms with E-state index in [0.717, 1.165) is 5.69 Å². The molecule has 2 heterocycles. The van der Waals surface area contributed by atoms with E-state index in [-0.39, 0.29) is 5.91 Å². The van der Waals surface area contributed by atoms with Gasteiger partial charge in [-0.05, 0) is 13.0 Å². The van der Waals surface area contributed by atoms with Crippen molar-refractivity contribution < 1.29 is 9.32 Å². The second-order valence-corrected chi connectivity index (χ2v) is 4.45. The Morgan fingerprint density at radius 1 is 1.47 bits per heavy atom. The van der Waals surface area contributed by atoms with E-state index < -0.39 is 0 Å². The average molecular weight is 281 g/mol. The van der Waals surface area contributed by atoms with Gasteiger partial charge in [-0.1, -0.05) is 16.8 Å². The first-order valence-corrected chi connectivity index (χ1v) is 6.13. The van der Waals surface area contributed by atoms with Crippen LogP contribution in [0.25, 0.3) is 0 Å². The van der Waals surface area contributed by atoms with Crippen molar-refractivity contribution in [2.45, 2.75) is 20.3 Å². The van der Waals surface area contributed by atoms with Gasteiger partial charge in [0.05, 0.1) is 10.6 Å². The van der Waals surface area contributed by atoms with E-state index in [1.165, 1.54) is 6.20 Å². The van der Waals surface area contributed by atoms with E-state index in [9.17, 15) is 4.79 Å². The van der Waals surface area contributed by atoms with Gasteiger partial charge in [0.15, 0.2) is 5.82 Å². The molecule has 100 valence electrons. The monoisotopic (exact) mass is 280 g/mol. The van der Waals surface area contributed by atoms with Crippen LogP contribution in [0.2, 0.25) is 5.02 Å². The van der Waals surface area contributed by atoms with Crippen LogP contribution in [0.4, 0.5) is 0 Å². The zero-order chi connectivity index (χ0) is 13.8. The SMILES string of the molecule is Cc1cc(Cl)c(C(=O)NCCc2noc(C)n2)cn1. The van der Waals surface area contributed by atoms with E-state index in [2.05, 4.69) is 20.4 Å². The van der Waals surface area contributed by atoms with Crippen molar-refractivity contribution in [1.29, 1.82) is 0 Å². The molecule has 7 heteroatoms. The van der Waals surface area contributed by atoms with Gasteiger partial charge in [-0.2, -0.15) is 4.98 Å². The number of nitrogens with zero attached hydrogens (tertiary/aromatic N) is 3. The van der Waals surface area contributed by atoms with Crippen LogP contribution in [-0.4, -0.2) is 27.6 Å². The number of aromatic nitrogens is 3. The van der Waals surface area contributed by atoms with Gasteiger partial charge in [0.25, 0.3) is 5.91 Å². The van der Waals surface area contributed by atoms with Gasteiger partial charge < -0.3 is 9.84 Å². The van der Waals surface area contributed by atoms with E-state index >= 15 is 0 Å². The number of pyridine rings is 1. The van der Waals surface area contributed by atoms with Crippen LogP contribution in [0.3, 0.4) is 0 Å². The number of nitrogens with one attached hydrogen (secondary N) is 1. The Morgan fingerprint density at radius 3 is 2.89 bits per heavy atom. The number of hydrogen-bond acceptors (Lipinski definition) is 5. The van der Waals surface area contributed by atoms with Gasteiger partial charge in [-0.15, -0.1) is 0 Å². The highest BCUT2D eigenvalue weighted by molar-refractivity contribution is 6.33. The standard InChI is InChI=1S/C12H13ClN4O2/c1-7-5-10(13)9(6-15-7)12(18)14-4-3-11-16-8(2)19-17-11/h5-6H,3-4H2,1-2H3,(H,14,18). The maximum Gasteiger partial charge on any atom is 0.254 e. The van der Waals surface area contributed by atoms with Gasteiger partial charge in [0, 0.05) is 31.8 Å². The summed E-state index contributed by atoms with van der Waals surface area (Å²) in [5, 5.41) is 6.86. The Labute approximate surface area is 115 Å². The summed E-state index contributed by atoms with van der Waals surface area (Å²) in [6.07, 6.45) is 1.96. The van der Waals surface area contributed by atoms with Crippen molar-refractivity contribution >= 4 is 17.5 Å². The zero-order valence-corrected chi connectivity index (χ0v) is 11.4. The molecular formula is C12H13ClN4O2. The second kappa shape index (κ2) is 5.79. The van der Waals surface area contributed by atoms with Gasteiger partial charge in [0.2, 0.25) is 5.89 Å². The van der Waals surface area contributed by atoms with Gasteiger partial charge >= 0.3 is 0 Å². The maximum atomic E-state index is 11.9. The van der Waals surface area contributed by atoms with Crippen molar-refractivity contribution in [2.75, 3.05) is 6.54 Å². The van der Waals surface area contributed by atoms with Crippen molar-refractivity contribution in [3.8, 4) is 0 Å². The summed E-state index contributed by atoms with van der Waals surface area (Å²) in [6, 6.07) is 1.65. The minimum Gasteiger partial charge on any atom is -0.351 e. The lowest BCUT2D eigenvalue weighted by molar-refractivity contribution is 0.0953. The summed E-state index contributed by atoms with van der Waals surface area (Å²) in [4.78, 5) is 20.0. The summed E-state index contributed by atoms with van der Waals surface area (Å²) < 4.78 is 4.83. The molecule has 0 saturated carbocycles. The van der Waals surface area contributed by atoms with E-state index in [0.29, 0.717) is 35.3 Å². The first-order chi connectivity index (χ1) is 9.06. The number of amides is 1. The van der Waals surface area contributed by atoms with Gasteiger partial charge in [0.1, 0.15) is 0 Å². The third-order valence-corrected chi connectivity index (χ3v) is 2.75. The third kappa shape index (κ3) is 3.51. The van der Waals surface area contributed by atoms with E-state index in [1.54, 1.807) is 13.0 Å². The fourth-order valence-electron chi connectivity index (χ4n) is 1.52. The van der Waals surface area contributed by atoms with Crippen molar-refractivity contribution in [3.05, 3.63) is 40.3 Å². The van der Waals surface area contributed by atoms with Crippen molar-refractivity contribution in [2.24, 2.45) is 0 Å². The number of hydrogen-bond donors (Lipinski definition) is 1. The lowest BCUT2D eigenvalue weighted by Crippen LogP contribution is -2.26. The summed E-state index contributed by atoms with van der Waals surface area (Å²) in [5.41, 5.74) is 1.13. The van der Waals surface area contributed by atoms with E-state index in [1.807, 2.05) is 6.92 Å². The Balaban J connectivity index is 1.90. The third-order valence-electron chi connectivity index (χ3n) is 2.44. The summed E-state index contributed by atoms with van der Waals surface area (Å²) >= 11 is 5.98. The highest BCUT2D eigenvalue weighted by Gasteiger charge is 2.11. The van der Waals surface area contributed by atoms with Crippen LogP contribution in [-0.2, 0) is 6.42 Å². The Bertz CT molecular complexity index is 597. The Hall–Kier alpha value is -1.95. The highest BCUT2D eigenvalue weighted by Crippen LogP contribution is 2.15. The molecule has 0 radical (unpaired) electrons. The highest BCUT2D eigenvalue weighted by atomic mass is 35.5. The van der Waals surface area contributed by atoms with Crippen LogP contribution >= 0.6 is 11.6 Å². The molecule has 2 aromatic heterocycles. The topological polar surface area (TPSA) is 80.9 Å². The smallest absolute Gasteiger partial charge is 0.254 e. The number of halogens is 1.